The summed E-state index contributed by atoms with van der Waals surface area (Å²) in [6.45, 7) is 6.60. The molecule has 0 fully saturated rings. The second kappa shape index (κ2) is 3.63. The Labute approximate surface area is 98.2 Å². The van der Waals surface area contributed by atoms with Gasteiger partial charge in [-0.25, -0.2) is 4.98 Å². The van der Waals surface area contributed by atoms with Crippen LogP contribution in [0.25, 0.3) is 11.0 Å². The third-order valence-corrected chi connectivity index (χ3v) is 3.46. The van der Waals surface area contributed by atoms with E-state index in [0.717, 1.165) is 27.8 Å². The number of benzene rings is 1. The molecule has 1 aromatic heterocycles. The summed E-state index contributed by atoms with van der Waals surface area (Å²) in [7, 11) is 0. The standard InChI is InChI=1S/C12H15BrN2/c1-4-12(2,3)11-14-9-6-5-8(13)7-10(9)15-11/h5-7H,4H2,1-3H3,(H,14,15). The zero-order valence-corrected chi connectivity index (χ0v) is 10.9. The number of hydrogen-bond acceptors (Lipinski definition) is 1. The molecule has 0 saturated heterocycles. The molecule has 0 radical (unpaired) electrons. The molecule has 1 aromatic carbocycles. The quantitative estimate of drug-likeness (QED) is 0.874. The number of hydrogen-bond donors (Lipinski definition) is 1. The van der Waals surface area contributed by atoms with Crippen LogP contribution in [0.15, 0.2) is 22.7 Å². The highest BCUT2D eigenvalue weighted by Gasteiger charge is 2.21. The number of fused-ring (bicyclic) bond motifs is 1. The Hall–Kier alpha value is -0.830. The lowest BCUT2D eigenvalue weighted by molar-refractivity contribution is 0.479. The number of aromatic amines is 1. The van der Waals surface area contributed by atoms with Crippen LogP contribution in [0.4, 0.5) is 0 Å². The third kappa shape index (κ3) is 1.93. The fourth-order valence-electron chi connectivity index (χ4n) is 1.47. The van der Waals surface area contributed by atoms with E-state index in [-0.39, 0.29) is 5.41 Å². The second-order valence-electron chi connectivity index (χ2n) is 4.48. The van der Waals surface area contributed by atoms with Crippen molar-refractivity contribution in [1.29, 1.82) is 0 Å². The normalized spacial score (nSPS) is 12.3. The zero-order valence-electron chi connectivity index (χ0n) is 9.26. The molecule has 0 spiro atoms. The fraction of sp³-hybridized carbons (Fsp3) is 0.417. The summed E-state index contributed by atoms with van der Waals surface area (Å²) < 4.78 is 1.08. The van der Waals surface area contributed by atoms with Gasteiger partial charge < -0.3 is 4.98 Å². The summed E-state index contributed by atoms with van der Waals surface area (Å²) in [5.74, 6) is 1.07. The first-order chi connectivity index (χ1) is 7.03. The molecule has 0 aliphatic rings. The van der Waals surface area contributed by atoms with Crippen LogP contribution in [0, 0.1) is 0 Å². The lowest BCUT2D eigenvalue weighted by atomic mass is 9.90. The SMILES string of the molecule is CCC(C)(C)c1nc2ccc(Br)cc2[nH]1. The van der Waals surface area contributed by atoms with Gasteiger partial charge >= 0.3 is 0 Å². The van der Waals surface area contributed by atoms with E-state index < -0.39 is 0 Å². The Kier molecular flexibility index (Phi) is 2.59. The molecule has 1 N–H and O–H groups in total. The van der Waals surface area contributed by atoms with E-state index in [1.54, 1.807) is 0 Å². The number of halogens is 1. The van der Waals surface area contributed by atoms with Gasteiger partial charge in [0.15, 0.2) is 0 Å². The van der Waals surface area contributed by atoms with Crippen molar-refractivity contribution in [3.63, 3.8) is 0 Å². The number of rotatable bonds is 2. The van der Waals surface area contributed by atoms with Crippen molar-refractivity contribution < 1.29 is 0 Å². The number of imidazole rings is 1. The van der Waals surface area contributed by atoms with E-state index in [4.69, 9.17) is 0 Å². The lowest BCUT2D eigenvalue weighted by Crippen LogP contribution is -2.17. The molecule has 2 nitrogen and oxygen atoms in total. The van der Waals surface area contributed by atoms with Crippen LogP contribution in [-0.4, -0.2) is 9.97 Å². The first-order valence-corrected chi connectivity index (χ1v) is 5.98. The second-order valence-corrected chi connectivity index (χ2v) is 5.40. The molecule has 0 atom stereocenters. The number of nitrogens with zero attached hydrogens (tertiary/aromatic N) is 1. The largest absolute Gasteiger partial charge is 0.341 e. The highest BCUT2D eigenvalue weighted by molar-refractivity contribution is 9.10. The predicted octanol–water partition coefficient (Wildman–Crippen LogP) is 4.01. The Bertz CT molecular complexity index is 485. The van der Waals surface area contributed by atoms with E-state index in [0.29, 0.717) is 0 Å². The van der Waals surface area contributed by atoms with Crippen molar-refractivity contribution in [2.45, 2.75) is 32.6 Å². The van der Waals surface area contributed by atoms with Gasteiger partial charge in [-0.05, 0) is 24.6 Å². The van der Waals surface area contributed by atoms with Crippen molar-refractivity contribution in [2.24, 2.45) is 0 Å². The Morgan fingerprint density at radius 3 is 2.80 bits per heavy atom. The molecule has 2 rings (SSSR count). The van der Waals surface area contributed by atoms with Gasteiger partial charge in [-0.3, -0.25) is 0 Å². The van der Waals surface area contributed by atoms with Gasteiger partial charge in [-0.1, -0.05) is 36.7 Å². The van der Waals surface area contributed by atoms with Gasteiger partial charge in [0.1, 0.15) is 5.82 Å². The molecular formula is C12H15BrN2. The van der Waals surface area contributed by atoms with Gasteiger partial charge in [0.2, 0.25) is 0 Å². The van der Waals surface area contributed by atoms with Crippen molar-refractivity contribution >= 4 is 27.0 Å². The predicted molar refractivity (Wildman–Crippen MR) is 67.1 cm³/mol. The minimum atomic E-state index is 0.117. The van der Waals surface area contributed by atoms with Crippen LogP contribution in [0.2, 0.25) is 0 Å². The minimum absolute atomic E-state index is 0.117. The van der Waals surface area contributed by atoms with E-state index in [2.05, 4.69) is 52.7 Å². The van der Waals surface area contributed by atoms with E-state index in [9.17, 15) is 0 Å². The maximum atomic E-state index is 4.62. The molecular weight excluding hydrogens is 252 g/mol. The highest BCUT2D eigenvalue weighted by atomic mass is 79.9. The van der Waals surface area contributed by atoms with E-state index in [1.165, 1.54) is 0 Å². The van der Waals surface area contributed by atoms with Crippen LogP contribution in [-0.2, 0) is 5.41 Å². The van der Waals surface area contributed by atoms with Crippen LogP contribution in [0.1, 0.15) is 33.0 Å². The number of aromatic nitrogens is 2. The van der Waals surface area contributed by atoms with Gasteiger partial charge in [0, 0.05) is 9.89 Å². The lowest BCUT2D eigenvalue weighted by Gasteiger charge is -2.18. The average molecular weight is 267 g/mol. The Morgan fingerprint density at radius 1 is 1.40 bits per heavy atom. The van der Waals surface area contributed by atoms with Crippen LogP contribution in [0.3, 0.4) is 0 Å². The Morgan fingerprint density at radius 2 is 2.13 bits per heavy atom. The van der Waals surface area contributed by atoms with E-state index >= 15 is 0 Å². The molecule has 0 aliphatic carbocycles. The molecule has 15 heavy (non-hydrogen) atoms. The van der Waals surface area contributed by atoms with Crippen molar-refractivity contribution in [1.82, 2.24) is 9.97 Å². The summed E-state index contributed by atoms with van der Waals surface area (Å²) in [5.41, 5.74) is 2.25. The highest BCUT2D eigenvalue weighted by Crippen LogP contribution is 2.27. The third-order valence-electron chi connectivity index (χ3n) is 2.97. The topological polar surface area (TPSA) is 28.7 Å². The Balaban J connectivity index is 2.56. The zero-order chi connectivity index (χ0) is 11.1. The maximum Gasteiger partial charge on any atom is 0.112 e. The van der Waals surface area contributed by atoms with Gasteiger partial charge in [0.05, 0.1) is 11.0 Å². The molecule has 0 amide bonds. The summed E-state index contributed by atoms with van der Waals surface area (Å²) in [4.78, 5) is 8.01. The molecule has 1 heterocycles. The summed E-state index contributed by atoms with van der Waals surface area (Å²) in [5, 5.41) is 0. The summed E-state index contributed by atoms with van der Waals surface area (Å²) in [6, 6.07) is 6.12. The summed E-state index contributed by atoms with van der Waals surface area (Å²) >= 11 is 3.46. The summed E-state index contributed by atoms with van der Waals surface area (Å²) in [6.07, 6.45) is 1.08. The van der Waals surface area contributed by atoms with Gasteiger partial charge in [-0.15, -0.1) is 0 Å². The van der Waals surface area contributed by atoms with Gasteiger partial charge in [-0.2, -0.15) is 0 Å². The number of H-pyrrole nitrogens is 1. The molecule has 0 saturated carbocycles. The molecule has 80 valence electrons. The van der Waals surface area contributed by atoms with Crippen molar-refractivity contribution in [2.75, 3.05) is 0 Å². The van der Waals surface area contributed by atoms with Crippen LogP contribution in [0.5, 0.6) is 0 Å². The van der Waals surface area contributed by atoms with Gasteiger partial charge in [0.25, 0.3) is 0 Å². The molecule has 0 bridgehead atoms. The molecule has 0 unspecified atom stereocenters. The minimum Gasteiger partial charge on any atom is -0.341 e. The van der Waals surface area contributed by atoms with Crippen LogP contribution < -0.4 is 0 Å². The fourth-order valence-corrected chi connectivity index (χ4v) is 1.83. The van der Waals surface area contributed by atoms with E-state index in [1.807, 2.05) is 12.1 Å². The molecule has 3 heteroatoms. The number of nitrogens with one attached hydrogen (secondary N) is 1. The first kappa shape index (κ1) is 10.7. The smallest absolute Gasteiger partial charge is 0.112 e. The van der Waals surface area contributed by atoms with Crippen molar-refractivity contribution in [3.8, 4) is 0 Å². The molecule has 2 aromatic rings. The van der Waals surface area contributed by atoms with Crippen molar-refractivity contribution in [3.05, 3.63) is 28.5 Å². The first-order valence-electron chi connectivity index (χ1n) is 5.18. The monoisotopic (exact) mass is 266 g/mol. The average Bonchev–Trinajstić information content (AvgIpc) is 2.61. The maximum absolute atomic E-state index is 4.62. The molecule has 0 aliphatic heterocycles. The van der Waals surface area contributed by atoms with Crippen LogP contribution >= 0.6 is 15.9 Å².